The number of nitrogens with one attached hydrogen (secondary N) is 1. The van der Waals surface area contributed by atoms with Crippen molar-refractivity contribution < 1.29 is 9.59 Å². The maximum atomic E-state index is 11.8. The number of likely N-dealkylation sites (tertiary alicyclic amines) is 1. The quantitative estimate of drug-likeness (QED) is 0.808. The van der Waals surface area contributed by atoms with Crippen molar-refractivity contribution in [2.75, 3.05) is 19.6 Å². The number of hydrogen-bond donors (Lipinski definition) is 1. The van der Waals surface area contributed by atoms with E-state index in [4.69, 9.17) is 0 Å². The lowest BCUT2D eigenvalue weighted by atomic mass is 9.93. The lowest BCUT2D eigenvalue weighted by Crippen LogP contribution is -2.45. The van der Waals surface area contributed by atoms with E-state index in [0.29, 0.717) is 12.5 Å². The second-order valence-electron chi connectivity index (χ2n) is 5.76. The van der Waals surface area contributed by atoms with Crippen LogP contribution in [0.2, 0.25) is 0 Å². The van der Waals surface area contributed by atoms with Crippen LogP contribution >= 0.6 is 0 Å². The molecule has 0 saturated carbocycles. The Bertz CT molecular complexity index is 294. The van der Waals surface area contributed by atoms with Crippen molar-refractivity contribution >= 4 is 11.7 Å². The van der Waals surface area contributed by atoms with E-state index in [1.54, 1.807) is 6.92 Å². The predicted molar refractivity (Wildman–Crippen MR) is 72.3 cm³/mol. The Kier molecular flexibility index (Phi) is 5.79. The Morgan fingerprint density at radius 1 is 1.22 bits per heavy atom. The molecule has 0 aromatic carbocycles. The molecule has 1 N–H and O–H groups in total. The summed E-state index contributed by atoms with van der Waals surface area (Å²) in [7, 11) is 0. The molecule has 1 heterocycles. The summed E-state index contributed by atoms with van der Waals surface area (Å²) in [6, 6.07) is 0.215. The van der Waals surface area contributed by atoms with Gasteiger partial charge in [-0.05, 0) is 45.7 Å². The molecule has 18 heavy (non-hydrogen) atoms. The van der Waals surface area contributed by atoms with Crippen LogP contribution in [0.3, 0.4) is 0 Å². The van der Waals surface area contributed by atoms with Crippen molar-refractivity contribution in [2.24, 2.45) is 11.8 Å². The second kappa shape index (κ2) is 6.88. The summed E-state index contributed by atoms with van der Waals surface area (Å²) in [5.41, 5.74) is 0. The van der Waals surface area contributed by atoms with E-state index in [1.807, 2.05) is 6.92 Å². The average Bonchev–Trinajstić information content (AvgIpc) is 2.29. The van der Waals surface area contributed by atoms with Gasteiger partial charge in [0.1, 0.15) is 5.78 Å². The van der Waals surface area contributed by atoms with Crippen LogP contribution < -0.4 is 5.32 Å². The number of amides is 1. The number of carbonyl (C=O) groups excluding carboxylic acids is 2. The van der Waals surface area contributed by atoms with Crippen LogP contribution in [0, 0.1) is 11.8 Å². The molecule has 1 aliphatic rings. The van der Waals surface area contributed by atoms with E-state index in [-0.39, 0.29) is 23.7 Å². The van der Waals surface area contributed by atoms with Gasteiger partial charge in [0.2, 0.25) is 5.91 Å². The van der Waals surface area contributed by atoms with Gasteiger partial charge in [-0.1, -0.05) is 13.8 Å². The highest BCUT2D eigenvalue weighted by molar-refractivity contribution is 5.79. The minimum Gasteiger partial charge on any atom is -0.352 e. The van der Waals surface area contributed by atoms with Gasteiger partial charge in [-0.25, -0.2) is 0 Å². The topological polar surface area (TPSA) is 49.4 Å². The largest absolute Gasteiger partial charge is 0.352 e. The van der Waals surface area contributed by atoms with E-state index in [9.17, 15) is 9.59 Å². The molecule has 1 unspecified atom stereocenters. The van der Waals surface area contributed by atoms with Crippen LogP contribution in [0.5, 0.6) is 0 Å². The Balaban J connectivity index is 2.28. The summed E-state index contributed by atoms with van der Waals surface area (Å²) in [6.45, 7) is 10.1. The summed E-state index contributed by atoms with van der Waals surface area (Å²) in [4.78, 5) is 25.2. The number of hydrogen-bond acceptors (Lipinski definition) is 3. The van der Waals surface area contributed by atoms with Gasteiger partial charge in [0.05, 0.1) is 6.54 Å². The van der Waals surface area contributed by atoms with Gasteiger partial charge in [-0.3, -0.25) is 14.5 Å². The molecule has 1 amide bonds. The first-order valence-corrected chi connectivity index (χ1v) is 6.92. The third-order valence-corrected chi connectivity index (χ3v) is 3.92. The third-order valence-electron chi connectivity index (χ3n) is 3.92. The molecule has 1 fully saturated rings. The Hall–Kier alpha value is -0.900. The van der Waals surface area contributed by atoms with Gasteiger partial charge < -0.3 is 5.32 Å². The fourth-order valence-electron chi connectivity index (χ4n) is 2.17. The highest BCUT2D eigenvalue weighted by atomic mass is 16.2. The standard InChI is InChI=1S/C14H26N2O2/c1-10(2)11(3)15-14(18)9-16-7-5-13(6-8-16)12(4)17/h10-11,13H,5-9H2,1-4H3,(H,15,18). The van der Waals surface area contributed by atoms with E-state index in [2.05, 4.69) is 24.1 Å². The van der Waals surface area contributed by atoms with Gasteiger partial charge in [-0.15, -0.1) is 0 Å². The van der Waals surface area contributed by atoms with Gasteiger partial charge in [0.25, 0.3) is 0 Å². The monoisotopic (exact) mass is 254 g/mol. The zero-order valence-electron chi connectivity index (χ0n) is 12.0. The summed E-state index contributed by atoms with van der Waals surface area (Å²) < 4.78 is 0. The van der Waals surface area contributed by atoms with Crippen LogP contribution in [-0.4, -0.2) is 42.3 Å². The molecule has 0 aromatic rings. The molecule has 0 radical (unpaired) electrons. The zero-order chi connectivity index (χ0) is 13.7. The van der Waals surface area contributed by atoms with E-state index >= 15 is 0 Å². The highest BCUT2D eigenvalue weighted by Gasteiger charge is 2.23. The first kappa shape index (κ1) is 15.2. The molecule has 1 rings (SSSR count). The Morgan fingerprint density at radius 2 is 1.78 bits per heavy atom. The van der Waals surface area contributed by atoms with Crippen LogP contribution in [-0.2, 0) is 9.59 Å². The summed E-state index contributed by atoms with van der Waals surface area (Å²) >= 11 is 0. The average molecular weight is 254 g/mol. The van der Waals surface area contributed by atoms with Crippen molar-refractivity contribution in [1.82, 2.24) is 10.2 Å². The van der Waals surface area contributed by atoms with Crippen LogP contribution in [0.25, 0.3) is 0 Å². The molecule has 1 atom stereocenters. The molecule has 0 aromatic heterocycles. The van der Waals surface area contributed by atoms with E-state index in [1.165, 1.54) is 0 Å². The number of ketones is 1. The lowest BCUT2D eigenvalue weighted by molar-refractivity contribution is -0.124. The number of nitrogens with zero attached hydrogens (tertiary/aromatic N) is 1. The fraction of sp³-hybridized carbons (Fsp3) is 0.857. The Labute approximate surface area is 110 Å². The molecule has 4 nitrogen and oxygen atoms in total. The van der Waals surface area contributed by atoms with Crippen molar-refractivity contribution in [3.05, 3.63) is 0 Å². The van der Waals surface area contributed by atoms with Crippen molar-refractivity contribution in [1.29, 1.82) is 0 Å². The fourth-order valence-corrected chi connectivity index (χ4v) is 2.17. The summed E-state index contributed by atoms with van der Waals surface area (Å²) in [5.74, 6) is 1.04. The first-order chi connectivity index (χ1) is 8.40. The minimum atomic E-state index is 0.0949. The van der Waals surface area contributed by atoms with Crippen LogP contribution in [0.4, 0.5) is 0 Å². The number of rotatable bonds is 5. The van der Waals surface area contributed by atoms with Crippen molar-refractivity contribution in [3.8, 4) is 0 Å². The molecule has 104 valence electrons. The van der Waals surface area contributed by atoms with Crippen LogP contribution in [0.1, 0.15) is 40.5 Å². The SMILES string of the molecule is CC(=O)C1CCN(CC(=O)NC(C)C(C)C)CC1. The van der Waals surface area contributed by atoms with Crippen molar-refractivity contribution in [2.45, 2.75) is 46.6 Å². The predicted octanol–water partition coefficient (Wildman–Crippen LogP) is 1.45. The van der Waals surface area contributed by atoms with E-state index in [0.717, 1.165) is 25.9 Å². The maximum Gasteiger partial charge on any atom is 0.234 e. The molecule has 0 aliphatic carbocycles. The lowest BCUT2D eigenvalue weighted by Gasteiger charge is -2.30. The summed E-state index contributed by atoms with van der Waals surface area (Å²) in [5, 5.41) is 3.01. The normalized spacial score (nSPS) is 19.8. The molecular weight excluding hydrogens is 228 g/mol. The molecular formula is C14H26N2O2. The first-order valence-electron chi connectivity index (χ1n) is 6.92. The molecule has 4 heteroatoms. The van der Waals surface area contributed by atoms with Gasteiger partial charge in [-0.2, -0.15) is 0 Å². The van der Waals surface area contributed by atoms with Crippen molar-refractivity contribution in [3.63, 3.8) is 0 Å². The van der Waals surface area contributed by atoms with Crippen LogP contribution in [0.15, 0.2) is 0 Å². The molecule has 1 aliphatic heterocycles. The number of Topliss-reactive ketones (excluding diaryl/α,β-unsaturated/α-hetero) is 1. The minimum absolute atomic E-state index is 0.0949. The molecule has 1 saturated heterocycles. The highest BCUT2D eigenvalue weighted by Crippen LogP contribution is 2.17. The third kappa shape index (κ3) is 4.77. The maximum absolute atomic E-state index is 11.8. The Morgan fingerprint density at radius 3 is 2.22 bits per heavy atom. The second-order valence-corrected chi connectivity index (χ2v) is 5.76. The zero-order valence-corrected chi connectivity index (χ0v) is 12.0. The van der Waals surface area contributed by atoms with Gasteiger partial charge in [0.15, 0.2) is 0 Å². The smallest absolute Gasteiger partial charge is 0.234 e. The molecule has 0 bridgehead atoms. The van der Waals surface area contributed by atoms with Gasteiger partial charge in [0, 0.05) is 12.0 Å². The van der Waals surface area contributed by atoms with E-state index < -0.39 is 0 Å². The molecule has 0 spiro atoms. The number of carbonyl (C=O) groups is 2. The number of piperidine rings is 1. The summed E-state index contributed by atoms with van der Waals surface area (Å²) in [6.07, 6.45) is 1.78. The van der Waals surface area contributed by atoms with Gasteiger partial charge >= 0.3 is 0 Å².